The van der Waals surface area contributed by atoms with Crippen molar-refractivity contribution in [3.63, 3.8) is 0 Å². The third-order valence-corrected chi connectivity index (χ3v) is 4.28. The Morgan fingerprint density at radius 3 is 2.62 bits per heavy atom. The highest BCUT2D eigenvalue weighted by molar-refractivity contribution is 5.48. The second kappa shape index (κ2) is 9.79. The van der Waals surface area contributed by atoms with Crippen molar-refractivity contribution < 1.29 is 14.2 Å². The number of nitrogens with one attached hydrogen (secondary N) is 2. The van der Waals surface area contributed by atoms with E-state index < -0.39 is 6.04 Å². The zero-order valence-corrected chi connectivity index (χ0v) is 16.9. The van der Waals surface area contributed by atoms with E-state index in [2.05, 4.69) is 20.5 Å². The Hall–Kier alpha value is -3.26. The number of aromatic nitrogens is 3. The number of ether oxygens (including phenoxy) is 3. The number of hydrogen-bond donors (Lipinski definition) is 3. The van der Waals surface area contributed by atoms with Gasteiger partial charge >= 0.3 is 0 Å². The first-order valence-corrected chi connectivity index (χ1v) is 9.58. The van der Waals surface area contributed by atoms with Crippen LogP contribution in [-0.4, -0.2) is 35.5 Å². The highest BCUT2D eigenvalue weighted by Gasteiger charge is 2.17. The van der Waals surface area contributed by atoms with Crippen molar-refractivity contribution in [1.82, 2.24) is 15.2 Å². The average Bonchev–Trinajstić information content (AvgIpc) is 3.22. The largest absolute Gasteiger partial charge is 0.497 e. The van der Waals surface area contributed by atoms with E-state index in [-0.39, 0.29) is 0 Å². The van der Waals surface area contributed by atoms with Crippen LogP contribution >= 0.6 is 0 Å². The van der Waals surface area contributed by atoms with E-state index in [0.717, 1.165) is 17.0 Å². The van der Waals surface area contributed by atoms with Crippen molar-refractivity contribution in [2.45, 2.75) is 26.4 Å². The zero-order valence-electron chi connectivity index (χ0n) is 16.9. The maximum absolute atomic E-state index is 6.39. The minimum atomic E-state index is -0.480. The number of anilines is 1. The summed E-state index contributed by atoms with van der Waals surface area (Å²) in [4.78, 5) is 4.52. The molecule has 1 aromatic heterocycles. The summed E-state index contributed by atoms with van der Waals surface area (Å²) in [6.07, 6.45) is 0. The zero-order chi connectivity index (χ0) is 20.6. The van der Waals surface area contributed by atoms with Crippen LogP contribution in [-0.2, 0) is 6.54 Å². The first-order chi connectivity index (χ1) is 14.1. The first kappa shape index (κ1) is 20.5. The van der Waals surface area contributed by atoms with Gasteiger partial charge in [-0.15, -0.1) is 0 Å². The summed E-state index contributed by atoms with van der Waals surface area (Å²) < 4.78 is 16.5. The third-order valence-electron chi connectivity index (χ3n) is 4.28. The van der Waals surface area contributed by atoms with E-state index in [1.807, 2.05) is 56.3 Å². The number of nitrogens with two attached hydrogens (primary N) is 1. The van der Waals surface area contributed by atoms with E-state index >= 15 is 0 Å². The van der Waals surface area contributed by atoms with E-state index in [1.165, 1.54) is 0 Å². The Balaban J connectivity index is 1.69. The molecule has 3 rings (SSSR count). The van der Waals surface area contributed by atoms with Gasteiger partial charge in [0, 0.05) is 11.8 Å². The molecule has 154 valence electrons. The Bertz CT molecular complexity index is 928. The molecule has 29 heavy (non-hydrogen) atoms. The fraction of sp³-hybridized carbons (Fsp3) is 0.333. The molecule has 3 aromatic rings. The van der Waals surface area contributed by atoms with Gasteiger partial charge in [-0.25, -0.2) is 4.98 Å². The Kier molecular flexibility index (Phi) is 6.91. The first-order valence-electron chi connectivity index (χ1n) is 9.58. The number of methoxy groups -OCH3 is 1. The summed E-state index contributed by atoms with van der Waals surface area (Å²) in [5.41, 5.74) is 8.17. The lowest BCUT2D eigenvalue weighted by Gasteiger charge is -2.14. The summed E-state index contributed by atoms with van der Waals surface area (Å²) in [6, 6.07) is 12.9. The molecule has 0 amide bonds. The molecule has 0 aliphatic carbocycles. The highest BCUT2D eigenvalue weighted by Crippen LogP contribution is 2.31. The van der Waals surface area contributed by atoms with Crippen LogP contribution in [0.2, 0.25) is 0 Å². The van der Waals surface area contributed by atoms with Gasteiger partial charge in [-0.3, -0.25) is 5.10 Å². The van der Waals surface area contributed by atoms with Crippen LogP contribution < -0.4 is 25.3 Å². The fourth-order valence-electron chi connectivity index (χ4n) is 2.86. The van der Waals surface area contributed by atoms with Crippen LogP contribution in [0.15, 0.2) is 42.5 Å². The molecule has 0 spiro atoms. The van der Waals surface area contributed by atoms with Crippen molar-refractivity contribution in [2.24, 2.45) is 5.73 Å². The van der Waals surface area contributed by atoms with Crippen LogP contribution in [0.5, 0.6) is 17.2 Å². The molecule has 0 fully saturated rings. The van der Waals surface area contributed by atoms with Crippen molar-refractivity contribution in [1.29, 1.82) is 0 Å². The minimum absolute atomic E-state index is 0.480. The molecule has 0 radical (unpaired) electrons. The summed E-state index contributed by atoms with van der Waals surface area (Å²) in [5.74, 6) is 3.35. The van der Waals surface area contributed by atoms with Crippen molar-refractivity contribution >= 4 is 5.69 Å². The number of aromatic amines is 1. The Morgan fingerprint density at radius 2 is 1.86 bits per heavy atom. The fourth-order valence-corrected chi connectivity index (χ4v) is 2.86. The topological polar surface area (TPSA) is 107 Å². The lowest BCUT2D eigenvalue weighted by molar-refractivity contribution is 0.287. The average molecular weight is 397 g/mol. The van der Waals surface area contributed by atoms with Crippen molar-refractivity contribution in [2.75, 3.05) is 25.6 Å². The van der Waals surface area contributed by atoms with E-state index in [1.54, 1.807) is 7.11 Å². The van der Waals surface area contributed by atoms with E-state index in [0.29, 0.717) is 42.9 Å². The molecule has 8 nitrogen and oxygen atoms in total. The molecule has 4 N–H and O–H groups in total. The van der Waals surface area contributed by atoms with Gasteiger partial charge in [-0.2, -0.15) is 5.10 Å². The van der Waals surface area contributed by atoms with Gasteiger partial charge in [-0.1, -0.05) is 12.1 Å². The Labute approximate surface area is 170 Å². The SMILES string of the molecule is CCOc1ccc(C(N)c2n[nH]c(CNc3cccc(OC)c3)n2)cc1OCC. The van der Waals surface area contributed by atoms with Crippen LogP contribution in [0.25, 0.3) is 0 Å². The molecular formula is C21H27N5O3. The van der Waals surface area contributed by atoms with Crippen LogP contribution in [0.1, 0.15) is 37.1 Å². The van der Waals surface area contributed by atoms with E-state index in [9.17, 15) is 0 Å². The number of benzene rings is 2. The van der Waals surface area contributed by atoms with Gasteiger partial charge in [0.1, 0.15) is 11.6 Å². The summed E-state index contributed by atoms with van der Waals surface area (Å²) in [5, 5.41) is 10.5. The lowest BCUT2D eigenvalue weighted by Crippen LogP contribution is -2.14. The number of nitrogens with zero attached hydrogens (tertiary/aromatic N) is 2. The molecule has 0 aliphatic heterocycles. The maximum atomic E-state index is 6.39. The molecule has 1 atom stereocenters. The number of rotatable bonds is 10. The predicted molar refractivity (Wildman–Crippen MR) is 112 cm³/mol. The van der Waals surface area contributed by atoms with E-state index in [4.69, 9.17) is 19.9 Å². The maximum Gasteiger partial charge on any atom is 0.171 e. The molecule has 0 bridgehead atoms. The molecule has 8 heteroatoms. The van der Waals surface area contributed by atoms with Crippen molar-refractivity contribution in [3.05, 3.63) is 59.7 Å². The molecule has 0 aliphatic rings. The van der Waals surface area contributed by atoms with Gasteiger partial charge in [0.2, 0.25) is 0 Å². The molecule has 0 saturated heterocycles. The number of H-pyrrole nitrogens is 1. The molecule has 1 unspecified atom stereocenters. The summed E-state index contributed by atoms with van der Waals surface area (Å²) >= 11 is 0. The number of hydrogen-bond acceptors (Lipinski definition) is 7. The van der Waals surface area contributed by atoms with Gasteiger partial charge in [0.15, 0.2) is 17.3 Å². The van der Waals surface area contributed by atoms with Crippen molar-refractivity contribution in [3.8, 4) is 17.2 Å². The standard InChI is InChI=1S/C21H27N5O3/c1-4-28-17-10-9-14(11-18(17)29-5-2)20(22)21-24-19(25-26-21)13-23-15-7-6-8-16(12-15)27-3/h6-12,20,23H,4-5,13,22H2,1-3H3,(H,24,25,26). The second-order valence-electron chi connectivity index (χ2n) is 6.28. The van der Waals surface area contributed by atoms with Crippen LogP contribution in [0.4, 0.5) is 5.69 Å². The molecular weight excluding hydrogens is 370 g/mol. The monoisotopic (exact) mass is 397 g/mol. The van der Waals surface area contributed by atoms with Gasteiger partial charge < -0.3 is 25.3 Å². The van der Waals surface area contributed by atoms with Gasteiger partial charge in [0.25, 0.3) is 0 Å². The molecule has 0 saturated carbocycles. The Morgan fingerprint density at radius 1 is 1.07 bits per heavy atom. The predicted octanol–water partition coefficient (Wildman–Crippen LogP) is 3.27. The summed E-state index contributed by atoms with van der Waals surface area (Å²) in [7, 11) is 1.64. The van der Waals surface area contributed by atoms with Gasteiger partial charge in [0.05, 0.1) is 32.9 Å². The smallest absolute Gasteiger partial charge is 0.171 e. The minimum Gasteiger partial charge on any atom is -0.497 e. The van der Waals surface area contributed by atoms with Crippen LogP contribution in [0, 0.1) is 0 Å². The normalized spacial score (nSPS) is 11.7. The second-order valence-corrected chi connectivity index (χ2v) is 6.28. The molecule has 1 heterocycles. The van der Waals surface area contributed by atoms with Gasteiger partial charge in [-0.05, 0) is 43.7 Å². The quantitative estimate of drug-likeness (QED) is 0.482. The summed E-state index contributed by atoms with van der Waals surface area (Å²) in [6.45, 7) is 5.46. The third kappa shape index (κ3) is 5.17. The van der Waals surface area contributed by atoms with Crippen LogP contribution in [0.3, 0.4) is 0 Å². The molecule has 2 aromatic carbocycles. The highest BCUT2D eigenvalue weighted by atomic mass is 16.5. The lowest BCUT2D eigenvalue weighted by atomic mass is 10.1.